The molecule has 2 N–H and O–H groups in total. The zero-order valence-corrected chi connectivity index (χ0v) is 11.3. The summed E-state index contributed by atoms with van der Waals surface area (Å²) >= 11 is 6.24. The van der Waals surface area contributed by atoms with Crippen molar-refractivity contribution >= 4 is 11.6 Å². The van der Waals surface area contributed by atoms with Crippen molar-refractivity contribution < 1.29 is 9.47 Å². The molecule has 0 saturated heterocycles. The fourth-order valence-corrected chi connectivity index (χ4v) is 2.36. The highest BCUT2D eigenvalue weighted by molar-refractivity contribution is 6.32. The second kappa shape index (κ2) is 4.32. The number of halogens is 1. The third-order valence-corrected chi connectivity index (χ3v) is 4.03. The Balaban J connectivity index is 1.89. The molecule has 0 heterocycles. The molecule has 4 heteroatoms. The molecule has 0 unspecified atom stereocenters. The lowest BCUT2D eigenvalue weighted by Gasteiger charge is -2.16. The van der Waals surface area contributed by atoms with E-state index < -0.39 is 0 Å². The number of hydrogen-bond acceptors (Lipinski definition) is 3. The molecule has 98 valence electrons. The van der Waals surface area contributed by atoms with Crippen molar-refractivity contribution in [3.05, 3.63) is 22.7 Å². The van der Waals surface area contributed by atoms with Gasteiger partial charge in [-0.05, 0) is 49.3 Å². The van der Waals surface area contributed by atoms with Gasteiger partial charge >= 0.3 is 0 Å². The molecule has 3 rings (SSSR count). The average Bonchev–Trinajstić information content (AvgIpc) is 3.23. The molecule has 2 fully saturated rings. The van der Waals surface area contributed by atoms with Crippen LogP contribution in [0.5, 0.6) is 11.5 Å². The maximum atomic E-state index is 6.24. The van der Waals surface area contributed by atoms with E-state index in [9.17, 15) is 0 Å². The minimum absolute atomic E-state index is 0.201. The Morgan fingerprint density at radius 2 is 2.11 bits per heavy atom. The summed E-state index contributed by atoms with van der Waals surface area (Å²) in [5, 5.41) is 0.581. The molecule has 1 aromatic rings. The Bertz CT molecular complexity index is 467. The first-order chi connectivity index (χ1) is 8.62. The van der Waals surface area contributed by atoms with Crippen molar-refractivity contribution in [1.29, 1.82) is 0 Å². The van der Waals surface area contributed by atoms with E-state index in [-0.39, 0.29) is 5.54 Å². The molecule has 1 aromatic carbocycles. The van der Waals surface area contributed by atoms with E-state index in [1.165, 1.54) is 12.8 Å². The van der Waals surface area contributed by atoms with E-state index in [0.29, 0.717) is 16.7 Å². The Morgan fingerprint density at radius 3 is 2.67 bits per heavy atom. The monoisotopic (exact) mass is 267 g/mol. The zero-order valence-electron chi connectivity index (χ0n) is 10.5. The van der Waals surface area contributed by atoms with E-state index in [2.05, 4.69) is 0 Å². The van der Waals surface area contributed by atoms with Crippen molar-refractivity contribution in [2.24, 2.45) is 11.7 Å². The van der Waals surface area contributed by atoms with Gasteiger partial charge in [0.05, 0.1) is 18.7 Å². The highest BCUT2D eigenvalue weighted by Crippen LogP contribution is 2.47. The summed E-state index contributed by atoms with van der Waals surface area (Å²) < 4.78 is 11.2. The smallest absolute Gasteiger partial charge is 0.179 e. The number of methoxy groups -OCH3 is 1. The highest BCUT2D eigenvalue weighted by atomic mass is 35.5. The van der Waals surface area contributed by atoms with Gasteiger partial charge < -0.3 is 15.2 Å². The predicted molar refractivity (Wildman–Crippen MR) is 71.3 cm³/mol. The minimum atomic E-state index is -0.201. The SMILES string of the molecule is COc1c(Cl)cc(C2(N)CC2)cc1OCC1CC1. The number of benzene rings is 1. The van der Waals surface area contributed by atoms with Gasteiger partial charge in [-0.15, -0.1) is 0 Å². The fraction of sp³-hybridized carbons (Fsp3) is 0.571. The van der Waals surface area contributed by atoms with E-state index in [1.807, 2.05) is 12.1 Å². The molecule has 2 aliphatic carbocycles. The van der Waals surface area contributed by atoms with Gasteiger partial charge in [0.2, 0.25) is 0 Å². The maximum absolute atomic E-state index is 6.24. The van der Waals surface area contributed by atoms with Gasteiger partial charge in [0, 0.05) is 5.54 Å². The third-order valence-electron chi connectivity index (χ3n) is 3.75. The summed E-state index contributed by atoms with van der Waals surface area (Å²) in [7, 11) is 1.61. The minimum Gasteiger partial charge on any atom is -0.491 e. The van der Waals surface area contributed by atoms with Gasteiger partial charge in [0.15, 0.2) is 11.5 Å². The first-order valence-electron chi connectivity index (χ1n) is 6.42. The van der Waals surface area contributed by atoms with E-state index in [4.69, 9.17) is 26.8 Å². The lowest BCUT2D eigenvalue weighted by Crippen LogP contribution is -2.19. The largest absolute Gasteiger partial charge is 0.491 e. The van der Waals surface area contributed by atoms with E-state index in [0.717, 1.165) is 30.8 Å². The molecule has 0 aliphatic heterocycles. The molecule has 0 aromatic heterocycles. The van der Waals surface area contributed by atoms with Crippen molar-refractivity contribution in [3.8, 4) is 11.5 Å². The zero-order chi connectivity index (χ0) is 12.8. The summed E-state index contributed by atoms with van der Waals surface area (Å²) in [5.41, 5.74) is 7.06. The summed E-state index contributed by atoms with van der Waals surface area (Å²) in [6.45, 7) is 0.744. The second-order valence-electron chi connectivity index (χ2n) is 5.40. The highest BCUT2D eigenvalue weighted by Gasteiger charge is 2.41. The molecule has 18 heavy (non-hydrogen) atoms. The van der Waals surface area contributed by atoms with Gasteiger partial charge in [0.25, 0.3) is 0 Å². The van der Waals surface area contributed by atoms with E-state index >= 15 is 0 Å². The quantitative estimate of drug-likeness (QED) is 0.892. The molecule has 2 saturated carbocycles. The van der Waals surface area contributed by atoms with Crippen LogP contribution in [0.25, 0.3) is 0 Å². The van der Waals surface area contributed by atoms with E-state index in [1.54, 1.807) is 7.11 Å². The van der Waals surface area contributed by atoms with Crippen LogP contribution < -0.4 is 15.2 Å². The summed E-state index contributed by atoms with van der Waals surface area (Å²) in [6.07, 6.45) is 4.54. The average molecular weight is 268 g/mol. The summed E-state index contributed by atoms with van der Waals surface area (Å²) in [4.78, 5) is 0. The standard InChI is InChI=1S/C14H18ClNO2/c1-17-13-11(15)6-10(14(16)4-5-14)7-12(13)18-8-9-2-3-9/h6-7,9H,2-5,8,16H2,1H3. The summed E-state index contributed by atoms with van der Waals surface area (Å²) in [5.74, 6) is 2.04. The molecule has 0 amide bonds. The van der Waals surface area contributed by atoms with Crippen LogP contribution in [0, 0.1) is 5.92 Å². The topological polar surface area (TPSA) is 44.5 Å². The van der Waals surface area contributed by atoms with Crippen LogP contribution in [0.4, 0.5) is 0 Å². The Kier molecular flexibility index (Phi) is 2.91. The Morgan fingerprint density at radius 1 is 1.39 bits per heavy atom. The second-order valence-corrected chi connectivity index (χ2v) is 5.81. The van der Waals surface area contributed by atoms with Crippen LogP contribution in [0.1, 0.15) is 31.2 Å². The number of nitrogens with two attached hydrogens (primary N) is 1. The Labute approximate surface area is 112 Å². The Hall–Kier alpha value is -0.930. The summed E-state index contributed by atoms with van der Waals surface area (Å²) in [6, 6.07) is 3.89. The van der Waals surface area contributed by atoms with Crippen molar-refractivity contribution in [3.63, 3.8) is 0 Å². The maximum Gasteiger partial charge on any atom is 0.179 e. The van der Waals surface area contributed by atoms with Crippen LogP contribution in [0.3, 0.4) is 0 Å². The predicted octanol–water partition coefficient (Wildman–Crippen LogP) is 3.09. The van der Waals surface area contributed by atoms with Gasteiger partial charge in [-0.25, -0.2) is 0 Å². The lowest BCUT2D eigenvalue weighted by molar-refractivity contribution is 0.280. The van der Waals surface area contributed by atoms with Gasteiger partial charge in [-0.3, -0.25) is 0 Å². The van der Waals surface area contributed by atoms with Crippen LogP contribution in [-0.2, 0) is 5.54 Å². The molecular formula is C14H18ClNO2. The number of ether oxygens (including phenoxy) is 2. The van der Waals surface area contributed by atoms with Gasteiger partial charge in [0.1, 0.15) is 0 Å². The molecule has 0 spiro atoms. The molecule has 2 aliphatic rings. The molecule has 0 radical (unpaired) electrons. The lowest BCUT2D eigenvalue weighted by atomic mass is 10.1. The molecular weight excluding hydrogens is 250 g/mol. The molecule has 0 bridgehead atoms. The van der Waals surface area contributed by atoms with Crippen molar-refractivity contribution in [1.82, 2.24) is 0 Å². The third kappa shape index (κ3) is 2.29. The number of hydrogen-bond donors (Lipinski definition) is 1. The fourth-order valence-electron chi connectivity index (χ4n) is 2.08. The normalized spacial score (nSPS) is 20.6. The molecule has 3 nitrogen and oxygen atoms in total. The first-order valence-corrected chi connectivity index (χ1v) is 6.80. The van der Waals surface area contributed by atoms with Crippen LogP contribution >= 0.6 is 11.6 Å². The van der Waals surface area contributed by atoms with Crippen LogP contribution in [0.15, 0.2) is 12.1 Å². The number of rotatable bonds is 5. The van der Waals surface area contributed by atoms with Gasteiger partial charge in [-0.2, -0.15) is 0 Å². The van der Waals surface area contributed by atoms with Crippen molar-refractivity contribution in [2.45, 2.75) is 31.2 Å². The van der Waals surface area contributed by atoms with Crippen molar-refractivity contribution in [2.75, 3.05) is 13.7 Å². The van der Waals surface area contributed by atoms with Crippen LogP contribution in [-0.4, -0.2) is 13.7 Å². The van der Waals surface area contributed by atoms with Crippen LogP contribution in [0.2, 0.25) is 5.02 Å². The molecule has 0 atom stereocenters. The van der Waals surface area contributed by atoms with Gasteiger partial charge in [-0.1, -0.05) is 11.6 Å². The first kappa shape index (κ1) is 12.1.